The van der Waals surface area contributed by atoms with E-state index in [2.05, 4.69) is 164 Å². The van der Waals surface area contributed by atoms with E-state index in [0.717, 1.165) is 33.4 Å². The molecule has 0 fully saturated rings. The maximum absolute atomic E-state index is 5.25. The van der Waals surface area contributed by atoms with Crippen LogP contribution in [0.2, 0.25) is 0 Å². The third-order valence-electron chi connectivity index (χ3n) is 10.5. The number of aromatic nitrogens is 3. The Labute approximate surface area is 331 Å². The highest BCUT2D eigenvalue weighted by atomic mass is 32.1. The Kier molecular flexibility index (Phi) is 7.87. The highest BCUT2D eigenvalue weighted by Crippen LogP contribution is 2.44. The molecule has 262 valence electrons. The van der Waals surface area contributed by atoms with Crippen LogP contribution in [0.5, 0.6) is 0 Å². The van der Waals surface area contributed by atoms with Gasteiger partial charge in [0.2, 0.25) is 0 Å². The zero-order valence-corrected chi connectivity index (χ0v) is 31.7. The molecular formula is C51H31N3S2. The van der Waals surface area contributed by atoms with Crippen molar-refractivity contribution >= 4 is 63.0 Å². The summed E-state index contributed by atoms with van der Waals surface area (Å²) in [5.41, 5.74) is 9.80. The van der Waals surface area contributed by atoms with E-state index in [1.807, 2.05) is 46.9 Å². The lowest BCUT2D eigenvalue weighted by Crippen LogP contribution is -2.00. The Morgan fingerprint density at radius 2 is 0.643 bits per heavy atom. The molecule has 0 amide bonds. The Hall–Kier alpha value is -6.79. The minimum atomic E-state index is 0.635. The van der Waals surface area contributed by atoms with E-state index in [-0.39, 0.29) is 0 Å². The zero-order valence-electron chi connectivity index (χ0n) is 30.1. The largest absolute Gasteiger partial charge is 0.208 e. The molecule has 0 radical (unpaired) electrons. The van der Waals surface area contributed by atoms with Crippen LogP contribution in [-0.4, -0.2) is 15.0 Å². The molecule has 0 aliphatic heterocycles. The molecule has 0 saturated carbocycles. The summed E-state index contributed by atoms with van der Waals surface area (Å²) in [7, 11) is 0. The maximum Gasteiger partial charge on any atom is 0.164 e. The molecule has 0 aliphatic carbocycles. The Morgan fingerprint density at radius 1 is 0.268 bits per heavy atom. The number of thiophene rings is 2. The lowest BCUT2D eigenvalue weighted by atomic mass is 9.94. The van der Waals surface area contributed by atoms with Crippen molar-refractivity contribution in [2.75, 3.05) is 0 Å². The van der Waals surface area contributed by atoms with Crippen molar-refractivity contribution in [3.05, 3.63) is 188 Å². The molecule has 11 rings (SSSR count). The second kappa shape index (κ2) is 13.5. The smallest absolute Gasteiger partial charge is 0.164 e. The number of nitrogens with zero attached hydrogens (tertiary/aromatic N) is 3. The maximum atomic E-state index is 5.25. The van der Waals surface area contributed by atoms with Gasteiger partial charge in [0.1, 0.15) is 0 Å². The molecule has 0 saturated heterocycles. The molecule has 0 spiro atoms. The molecule has 0 atom stereocenters. The van der Waals surface area contributed by atoms with Crippen molar-refractivity contribution in [1.82, 2.24) is 15.0 Å². The third-order valence-corrected chi connectivity index (χ3v) is 13.0. The average molecular weight is 750 g/mol. The molecule has 5 heteroatoms. The van der Waals surface area contributed by atoms with Gasteiger partial charge in [-0.15, -0.1) is 22.7 Å². The number of benzene rings is 8. The third kappa shape index (κ3) is 5.68. The molecule has 3 heterocycles. The highest BCUT2D eigenvalue weighted by Gasteiger charge is 2.18. The van der Waals surface area contributed by atoms with Gasteiger partial charge in [-0.1, -0.05) is 158 Å². The lowest BCUT2D eigenvalue weighted by Gasteiger charge is -2.13. The van der Waals surface area contributed by atoms with Crippen LogP contribution in [0.1, 0.15) is 0 Å². The van der Waals surface area contributed by atoms with Gasteiger partial charge in [-0.3, -0.25) is 0 Å². The van der Waals surface area contributed by atoms with E-state index >= 15 is 0 Å². The van der Waals surface area contributed by atoms with E-state index in [9.17, 15) is 0 Å². The molecule has 8 aromatic carbocycles. The monoisotopic (exact) mass is 749 g/mol. The summed E-state index contributed by atoms with van der Waals surface area (Å²) >= 11 is 3.70. The first-order chi connectivity index (χ1) is 27.7. The fourth-order valence-electron chi connectivity index (χ4n) is 7.81. The van der Waals surface area contributed by atoms with Gasteiger partial charge in [-0.2, -0.15) is 0 Å². The van der Waals surface area contributed by atoms with Gasteiger partial charge in [0.15, 0.2) is 17.5 Å². The summed E-state index contributed by atoms with van der Waals surface area (Å²) in [4.78, 5) is 15.5. The van der Waals surface area contributed by atoms with Crippen LogP contribution in [0.3, 0.4) is 0 Å². The van der Waals surface area contributed by atoms with Crippen LogP contribution in [0, 0.1) is 0 Å². The second-order valence-electron chi connectivity index (χ2n) is 14.0. The SMILES string of the molecule is c1ccc(-c2ccc(-c3nc(-c4ccccc4)nc(-c4cc(-c5cccc6c5sc5ccccc56)cc(-c5cccc6c5sc5ccccc56)c4)n3)cc2)cc1. The fraction of sp³-hybridized carbons (Fsp3) is 0. The minimum absolute atomic E-state index is 0.635. The van der Waals surface area contributed by atoms with Crippen molar-refractivity contribution in [1.29, 1.82) is 0 Å². The molecule has 0 bridgehead atoms. The van der Waals surface area contributed by atoms with Crippen LogP contribution in [0.25, 0.3) is 108 Å². The predicted molar refractivity (Wildman–Crippen MR) is 238 cm³/mol. The van der Waals surface area contributed by atoms with Crippen molar-refractivity contribution in [2.45, 2.75) is 0 Å². The van der Waals surface area contributed by atoms with Crippen molar-refractivity contribution in [3.8, 4) is 67.5 Å². The van der Waals surface area contributed by atoms with E-state index in [1.165, 1.54) is 57.0 Å². The fourth-order valence-corrected chi connectivity index (χ4v) is 10.3. The summed E-state index contributed by atoms with van der Waals surface area (Å²) in [6, 6.07) is 66.8. The van der Waals surface area contributed by atoms with E-state index in [0.29, 0.717) is 17.5 Å². The Balaban J connectivity index is 1.15. The topological polar surface area (TPSA) is 38.7 Å². The van der Waals surface area contributed by atoms with E-state index in [4.69, 9.17) is 15.0 Å². The van der Waals surface area contributed by atoms with E-state index < -0.39 is 0 Å². The predicted octanol–water partition coefficient (Wildman–Crippen LogP) is 14.6. The van der Waals surface area contributed by atoms with Crippen LogP contribution in [-0.2, 0) is 0 Å². The van der Waals surface area contributed by atoms with Crippen molar-refractivity contribution in [3.63, 3.8) is 0 Å². The standard InChI is InChI=1S/C51H31N3S2/c1-3-13-32(14-4-1)33-25-27-35(28-26-33)50-52-49(34-15-5-2-6-16-34)53-51(54-50)38-30-36(39-19-11-21-43-41-17-7-9-23-45(41)55-47(39)43)29-37(31-38)40-20-12-22-44-42-18-8-10-24-46(42)56-48(40)44/h1-31H. The van der Waals surface area contributed by atoms with E-state index in [1.54, 1.807) is 0 Å². The molecule has 0 aliphatic rings. The van der Waals surface area contributed by atoms with Gasteiger partial charge in [0.05, 0.1) is 0 Å². The number of hydrogen-bond acceptors (Lipinski definition) is 5. The summed E-state index contributed by atoms with van der Waals surface area (Å²) < 4.78 is 5.12. The first kappa shape index (κ1) is 32.6. The van der Waals surface area contributed by atoms with Gasteiger partial charge < -0.3 is 0 Å². The van der Waals surface area contributed by atoms with Crippen LogP contribution in [0.4, 0.5) is 0 Å². The normalized spacial score (nSPS) is 11.6. The molecule has 0 N–H and O–H groups in total. The van der Waals surface area contributed by atoms with Gasteiger partial charge in [0.25, 0.3) is 0 Å². The number of hydrogen-bond donors (Lipinski definition) is 0. The molecule has 56 heavy (non-hydrogen) atoms. The summed E-state index contributed by atoms with van der Waals surface area (Å²) in [5.74, 6) is 1.91. The van der Waals surface area contributed by atoms with Crippen LogP contribution >= 0.6 is 22.7 Å². The number of rotatable bonds is 6. The highest BCUT2D eigenvalue weighted by molar-refractivity contribution is 7.26. The second-order valence-corrected chi connectivity index (χ2v) is 16.1. The molecule has 3 aromatic heterocycles. The summed E-state index contributed by atoms with van der Waals surface area (Å²) in [6.07, 6.45) is 0. The van der Waals surface area contributed by atoms with Crippen molar-refractivity contribution in [2.24, 2.45) is 0 Å². The molecule has 0 unspecified atom stereocenters. The van der Waals surface area contributed by atoms with Crippen LogP contribution in [0.15, 0.2) is 188 Å². The zero-order chi connectivity index (χ0) is 37.0. The Morgan fingerprint density at radius 3 is 1.18 bits per heavy atom. The lowest BCUT2D eigenvalue weighted by molar-refractivity contribution is 1.07. The van der Waals surface area contributed by atoms with Crippen molar-refractivity contribution < 1.29 is 0 Å². The molecular weight excluding hydrogens is 719 g/mol. The summed E-state index contributed by atoms with van der Waals surface area (Å²) in [5, 5.41) is 5.12. The van der Waals surface area contributed by atoms with Crippen LogP contribution < -0.4 is 0 Å². The average Bonchev–Trinajstić information content (AvgIpc) is 3.86. The molecule has 11 aromatic rings. The summed E-state index contributed by atoms with van der Waals surface area (Å²) in [6.45, 7) is 0. The quantitative estimate of drug-likeness (QED) is 0.170. The number of fused-ring (bicyclic) bond motifs is 6. The van der Waals surface area contributed by atoms with Gasteiger partial charge in [0, 0.05) is 57.0 Å². The molecule has 3 nitrogen and oxygen atoms in total. The Bertz CT molecular complexity index is 3110. The first-order valence-corrected chi connectivity index (χ1v) is 20.3. The minimum Gasteiger partial charge on any atom is -0.208 e. The van der Waals surface area contributed by atoms with Gasteiger partial charge >= 0.3 is 0 Å². The van der Waals surface area contributed by atoms with Gasteiger partial charge in [-0.05, 0) is 63.7 Å². The first-order valence-electron chi connectivity index (χ1n) is 18.7. The van der Waals surface area contributed by atoms with Gasteiger partial charge in [-0.25, -0.2) is 15.0 Å².